The van der Waals surface area contributed by atoms with Crippen LogP contribution in [0.25, 0.3) is 11.1 Å². The highest BCUT2D eigenvalue weighted by Gasteiger charge is 2.51. The van der Waals surface area contributed by atoms with Crippen molar-refractivity contribution >= 4 is 17.5 Å². The first-order valence-electron chi connectivity index (χ1n) is 13.9. The number of hydrogen-bond donors (Lipinski definition) is 6. The van der Waals surface area contributed by atoms with Crippen LogP contribution < -0.4 is 11.1 Å². The van der Waals surface area contributed by atoms with Gasteiger partial charge in [0.2, 0.25) is 5.78 Å². The number of phenolic OH excluding ortho intramolecular Hbond substituents is 1. The highest BCUT2D eigenvalue weighted by atomic mass is 16.3. The second-order valence-corrected chi connectivity index (χ2v) is 11.2. The van der Waals surface area contributed by atoms with E-state index in [-0.39, 0.29) is 42.3 Å². The van der Waals surface area contributed by atoms with Crippen LogP contribution in [0, 0.1) is 11.8 Å². The Kier molecular flexibility index (Phi) is 8.27. The number of aliphatic hydroxyl groups is 3. The Bertz CT molecular complexity index is 1570. The number of benzene rings is 3. The molecule has 2 unspecified atom stereocenters. The number of carbonyl (C=O) groups excluding carboxylic acids is 3. The van der Waals surface area contributed by atoms with Gasteiger partial charge in [0.05, 0.1) is 12.2 Å². The number of primary amides is 1. The number of fused-ring (bicyclic) bond motifs is 1. The van der Waals surface area contributed by atoms with E-state index in [1.54, 1.807) is 6.07 Å². The van der Waals surface area contributed by atoms with Crippen molar-refractivity contribution < 1.29 is 34.8 Å². The number of hydrogen-bond acceptors (Lipinski definition) is 8. The van der Waals surface area contributed by atoms with Crippen molar-refractivity contribution in [3.8, 4) is 16.9 Å². The zero-order valence-corrected chi connectivity index (χ0v) is 23.0. The molecule has 0 bridgehead atoms. The van der Waals surface area contributed by atoms with Gasteiger partial charge in [-0.25, -0.2) is 0 Å². The van der Waals surface area contributed by atoms with Gasteiger partial charge in [0.25, 0.3) is 5.91 Å². The lowest BCUT2D eigenvalue weighted by atomic mass is 9.67. The lowest BCUT2D eigenvalue weighted by Crippen LogP contribution is -2.55. The van der Waals surface area contributed by atoms with Crippen molar-refractivity contribution in [2.75, 3.05) is 6.61 Å². The van der Waals surface area contributed by atoms with E-state index in [4.69, 9.17) is 5.73 Å². The highest BCUT2D eigenvalue weighted by molar-refractivity contribution is 6.22. The maximum Gasteiger partial charge on any atom is 0.255 e. The normalized spacial score (nSPS) is 22.2. The van der Waals surface area contributed by atoms with Crippen molar-refractivity contribution in [3.63, 3.8) is 0 Å². The number of rotatable bonds is 9. The Morgan fingerprint density at radius 2 is 1.64 bits per heavy atom. The molecule has 3 aromatic carbocycles. The number of ketones is 2. The summed E-state index contributed by atoms with van der Waals surface area (Å²) in [4.78, 5) is 37.9. The smallest absolute Gasteiger partial charge is 0.255 e. The van der Waals surface area contributed by atoms with Crippen LogP contribution in [0.5, 0.6) is 5.75 Å². The number of aliphatic hydroxyl groups excluding tert-OH is 2. The minimum absolute atomic E-state index is 0.0484. The minimum atomic E-state index is -2.32. The molecule has 0 aromatic heterocycles. The van der Waals surface area contributed by atoms with Gasteiger partial charge in [-0.1, -0.05) is 54.6 Å². The van der Waals surface area contributed by atoms with E-state index in [1.807, 2.05) is 42.5 Å². The molecule has 1 amide bonds. The fraction of sp³-hybridized carbons (Fsp3) is 0.303. The molecule has 3 atom stereocenters. The number of nitrogens with two attached hydrogens (primary N) is 1. The number of amides is 1. The molecule has 0 saturated heterocycles. The van der Waals surface area contributed by atoms with Gasteiger partial charge in [-0.2, -0.15) is 0 Å². The summed E-state index contributed by atoms with van der Waals surface area (Å²) in [6.07, 6.45) is 0.277. The Labute approximate surface area is 243 Å². The quantitative estimate of drug-likeness (QED) is 0.213. The highest BCUT2D eigenvalue weighted by Crippen LogP contribution is 2.44. The van der Waals surface area contributed by atoms with Crippen molar-refractivity contribution in [2.24, 2.45) is 17.6 Å². The summed E-state index contributed by atoms with van der Waals surface area (Å²) < 4.78 is 0. The maximum atomic E-state index is 13.3. The standard InChI is InChI=1S/C33H34N2O7/c34-32(41)30-28(39)15-23(33(42,18-36)31(30)40)12-21-13-25-24(9-10-26(37)29(25)27(38)14-21)22-8-4-7-20(11-22)17-35-16-19-5-2-1-3-6-19/h1-11,21,23,35-37,39,42H,12-18H2,(H2,34,41)/t21?,23?,33-/m1/s1. The largest absolute Gasteiger partial charge is 0.511 e. The molecule has 0 heterocycles. The number of allylic oxidation sites excluding steroid dienone is 1. The van der Waals surface area contributed by atoms with Crippen LogP contribution in [-0.4, -0.2) is 50.1 Å². The predicted octanol–water partition coefficient (Wildman–Crippen LogP) is 3.09. The summed E-state index contributed by atoms with van der Waals surface area (Å²) in [6, 6.07) is 21.3. The lowest BCUT2D eigenvalue weighted by molar-refractivity contribution is -0.150. The molecule has 0 fully saturated rings. The first-order valence-corrected chi connectivity index (χ1v) is 13.9. The molecule has 0 aliphatic heterocycles. The van der Waals surface area contributed by atoms with Crippen molar-refractivity contribution in [3.05, 3.63) is 100 Å². The van der Waals surface area contributed by atoms with Gasteiger partial charge in [0, 0.05) is 31.8 Å². The van der Waals surface area contributed by atoms with E-state index in [0.29, 0.717) is 25.1 Å². The number of carbonyl (C=O) groups is 3. The molecule has 218 valence electrons. The number of nitrogens with one attached hydrogen (secondary N) is 1. The summed E-state index contributed by atoms with van der Waals surface area (Å²) in [5.74, 6) is -4.52. The second kappa shape index (κ2) is 11.9. The molecule has 9 nitrogen and oxygen atoms in total. The summed E-state index contributed by atoms with van der Waals surface area (Å²) >= 11 is 0. The molecular weight excluding hydrogens is 536 g/mol. The van der Waals surface area contributed by atoms with Gasteiger partial charge in [-0.3, -0.25) is 14.4 Å². The molecule has 5 rings (SSSR count). The molecule has 7 N–H and O–H groups in total. The van der Waals surface area contributed by atoms with E-state index >= 15 is 0 Å². The average Bonchev–Trinajstić information content (AvgIpc) is 2.96. The fourth-order valence-electron chi connectivity index (χ4n) is 6.29. The van der Waals surface area contributed by atoms with Crippen LogP contribution in [0.3, 0.4) is 0 Å². The van der Waals surface area contributed by atoms with Gasteiger partial charge in [0.1, 0.15) is 17.1 Å². The van der Waals surface area contributed by atoms with Crippen LogP contribution in [0.1, 0.15) is 46.3 Å². The topological polar surface area (TPSA) is 170 Å². The third kappa shape index (κ3) is 5.59. The Hall–Kier alpha value is -4.31. The van der Waals surface area contributed by atoms with Crippen molar-refractivity contribution in [2.45, 2.75) is 44.4 Å². The van der Waals surface area contributed by atoms with Crippen LogP contribution in [0.15, 0.2) is 78.1 Å². The Morgan fingerprint density at radius 3 is 2.36 bits per heavy atom. The van der Waals surface area contributed by atoms with Crippen molar-refractivity contribution in [1.29, 1.82) is 0 Å². The molecular formula is C33H34N2O7. The van der Waals surface area contributed by atoms with Gasteiger partial charge in [0.15, 0.2) is 11.4 Å². The van der Waals surface area contributed by atoms with Gasteiger partial charge >= 0.3 is 0 Å². The molecule has 3 aromatic rings. The summed E-state index contributed by atoms with van der Waals surface area (Å²) in [5, 5.41) is 45.5. The minimum Gasteiger partial charge on any atom is -0.511 e. The molecule has 0 saturated carbocycles. The molecule has 0 spiro atoms. The average molecular weight is 571 g/mol. The Balaban J connectivity index is 1.40. The van der Waals surface area contributed by atoms with Crippen LogP contribution in [0.4, 0.5) is 0 Å². The third-order valence-corrected chi connectivity index (χ3v) is 8.40. The molecule has 2 aliphatic carbocycles. The fourth-order valence-corrected chi connectivity index (χ4v) is 6.29. The zero-order valence-electron chi connectivity index (χ0n) is 23.0. The molecule has 9 heteroatoms. The van der Waals surface area contributed by atoms with Gasteiger partial charge in [-0.05, 0) is 58.7 Å². The predicted molar refractivity (Wildman–Crippen MR) is 155 cm³/mol. The lowest BCUT2D eigenvalue weighted by Gasteiger charge is -2.39. The first-order chi connectivity index (χ1) is 20.1. The summed E-state index contributed by atoms with van der Waals surface area (Å²) in [5.41, 5.74) is 7.02. The van der Waals surface area contributed by atoms with Crippen LogP contribution in [-0.2, 0) is 29.1 Å². The van der Waals surface area contributed by atoms with E-state index < -0.39 is 41.1 Å². The van der Waals surface area contributed by atoms with E-state index in [2.05, 4.69) is 17.4 Å². The summed E-state index contributed by atoms with van der Waals surface area (Å²) in [6.45, 7) is 0.380. The van der Waals surface area contributed by atoms with Crippen LogP contribution in [0.2, 0.25) is 0 Å². The van der Waals surface area contributed by atoms with Gasteiger partial charge < -0.3 is 31.5 Å². The zero-order chi connectivity index (χ0) is 30.0. The molecule has 2 aliphatic rings. The van der Waals surface area contributed by atoms with Crippen LogP contribution >= 0.6 is 0 Å². The summed E-state index contributed by atoms with van der Waals surface area (Å²) in [7, 11) is 0. The number of phenols is 1. The monoisotopic (exact) mass is 570 g/mol. The Morgan fingerprint density at radius 1 is 0.929 bits per heavy atom. The first kappa shape index (κ1) is 29.2. The third-order valence-electron chi connectivity index (χ3n) is 8.40. The maximum absolute atomic E-state index is 13.3. The second-order valence-electron chi connectivity index (χ2n) is 11.2. The van der Waals surface area contributed by atoms with E-state index in [9.17, 15) is 34.8 Å². The van der Waals surface area contributed by atoms with E-state index in [1.165, 1.54) is 11.6 Å². The van der Waals surface area contributed by atoms with E-state index in [0.717, 1.165) is 16.7 Å². The number of Topliss-reactive ketones (excluding diaryl/α,β-unsaturated/α-hetero) is 2. The van der Waals surface area contributed by atoms with Crippen molar-refractivity contribution in [1.82, 2.24) is 5.32 Å². The number of aromatic hydroxyl groups is 1. The SMILES string of the molecule is NC(=O)C1=C(O)CC(CC2CC(=O)c3c(O)ccc(-c4cccc(CNCc5ccccc5)c4)c3C2)[C@](O)(CO)C1=O. The molecule has 0 radical (unpaired) electrons. The van der Waals surface area contributed by atoms with Gasteiger partial charge in [-0.15, -0.1) is 0 Å². The molecule has 42 heavy (non-hydrogen) atoms.